The van der Waals surface area contributed by atoms with Crippen LogP contribution in [0.1, 0.15) is 23.6 Å². The molecule has 34 heavy (non-hydrogen) atoms. The summed E-state index contributed by atoms with van der Waals surface area (Å²) in [7, 11) is 0. The van der Waals surface area contributed by atoms with Crippen LogP contribution in [-0.4, -0.2) is 60.9 Å². The molecule has 10 heteroatoms. The third-order valence-corrected chi connectivity index (χ3v) is 6.69. The number of nitrogens with zero attached hydrogens (tertiary/aromatic N) is 2. The fourth-order valence-corrected chi connectivity index (χ4v) is 4.69. The summed E-state index contributed by atoms with van der Waals surface area (Å²) in [4.78, 5) is 39.6. The van der Waals surface area contributed by atoms with Crippen LogP contribution in [0.15, 0.2) is 58.6 Å². The van der Waals surface area contributed by atoms with Crippen molar-refractivity contribution in [1.29, 1.82) is 0 Å². The molecule has 1 N–H and O–H groups in total. The fourth-order valence-electron chi connectivity index (χ4n) is 4.42. The zero-order chi connectivity index (χ0) is 24.2. The number of carbonyl (C=O) groups is 2. The molecular weight excluding hydrogens is 506 g/mol. The molecule has 0 saturated carbocycles. The molecule has 2 heterocycles. The van der Waals surface area contributed by atoms with Crippen molar-refractivity contribution in [2.24, 2.45) is 0 Å². The second-order valence-corrected chi connectivity index (χ2v) is 9.21. The quantitative estimate of drug-likeness (QED) is 0.187. The first-order chi connectivity index (χ1) is 16.4. The Bertz CT molecular complexity index is 1130. The number of morpholine rings is 1. The second kappa shape index (κ2) is 10.5. The van der Waals surface area contributed by atoms with Crippen LogP contribution in [0.5, 0.6) is 0 Å². The van der Waals surface area contributed by atoms with E-state index in [4.69, 9.17) is 4.74 Å². The summed E-state index contributed by atoms with van der Waals surface area (Å²) >= 11 is 3.32. The van der Waals surface area contributed by atoms with Gasteiger partial charge in [0.1, 0.15) is 13.1 Å². The molecule has 9 nitrogen and oxygen atoms in total. The SMILES string of the molecule is O=C1C(=O)N(CCC[NH+]2CCOCC2)C(c2cccc([N+](=O)[O-])c2)/C1=C(\[O-])c1ccc(Br)cc1. The maximum absolute atomic E-state index is 13.4. The van der Waals surface area contributed by atoms with Gasteiger partial charge in [-0.3, -0.25) is 19.7 Å². The molecule has 1 amide bonds. The molecule has 2 aromatic carbocycles. The van der Waals surface area contributed by atoms with Crippen LogP contribution in [0.4, 0.5) is 5.69 Å². The molecule has 2 saturated heterocycles. The Balaban J connectivity index is 1.70. The average Bonchev–Trinajstić information content (AvgIpc) is 3.10. The molecular formula is C24H24BrN3O6. The standard InChI is InChI=1S/C24H24BrN3O6/c25-18-7-5-16(6-8-18)22(29)20-21(17-3-1-4-19(15-17)28(32)33)27(24(31)23(20)30)10-2-9-26-11-13-34-14-12-26/h1,3-8,15,21,29H,2,9-14H2/b22-20+. The lowest BCUT2D eigenvalue weighted by molar-refractivity contribution is -0.908. The number of nitro groups is 1. The number of carbonyl (C=O) groups excluding carboxylic acids is 2. The van der Waals surface area contributed by atoms with E-state index in [1.807, 2.05) is 0 Å². The van der Waals surface area contributed by atoms with Crippen molar-refractivity contribution in [1.82, 2.24) is 4.90 Å². The summed E-state index contributed by atoms with van der Waals surface area (Å²) in [6.45, 7) is 4.18. The number of amides is 1. The van der Waals surface area contributed by atoms with Crippen molar-refractivity contribution in [3.63, 3.8) is 0 Å². The molecule has 2 aromatic rings. The van der Waals surface area contributed by atoms with E-state index in [0.717, 1.165) is 24.1 Å². The first-order valence-corrected chi connectivity index (χ1v) is 11.8. The Morgan fingerprint density at radius 3 is 2.53 bits per heavy atom. The van der Waals surface area contributed by atoms with Gasteiger partial charge in [0.15, 0.2) is 0 Å². The number of rotatable bonds is 7. The summed E-state index contributed by atoms with van der Waals surface area (Å²) in [5, 5.41) is 24.7. The molecule has 2 aliphatic rings. The number of likely N-dealkylation sites (tertiary alicyclic amines) is 1. The minimum atomic E-state index is -0.976. The van der Waals surface area contributed by atoms with Gasteiger partial charge in [-0.25, -0.2) is 0 Å². The predicted octanol–water partition coefficient (Wildman–Crippen LogP) is 0.887. The smallest absolute Gasteiger partial charge is 0.295 e. The Kier molecular flexibility index (Phi) is 7.40. The van der Waals surface area contributed by atoms with Gasteiger partial charge in [0.2, 0.25) is 5.78 Å². The number of non-ortho nitro benzene ring substituents is 1. The lowest BCUT2D eigenvalue weighted by Gasteiger charge is -2.28. The van der Waals surface area contributed by atoms with Crippen molar-refractivity contribution >= 4 is 39.1 Å². The van der Waals surface area contributed by atoms with Gasteiger partial charge < -0.3 is 19.6 Å². The third kappa shape index (κ3) is 5.03. The molecule has 2 fully saturated rings. The van der Waals surface area contributed by atoms with Gasteiger partial charge >= 0.3 is 0 Å². The molecule has 1 atom stereocenters. The number of nitrogens with one attached hydrogen (secondary N) is 1. The highest BCUT2D eigenvalue weighted by atomic mass is 79.9. The lowest BCUT2D eigenvalue weighted by atomic mass is 9.95. The minimum absolute atomic E-state index is 0.169. The molecule has 0 spiro atoms. The van der Waals surface area contributed by atoms with E-state index in [1.165, 1.54) is 28.0 Å². The monoisotopic (exact) mass is 529 g/mol. The molecule has 0 bridgehead atoms. The molecule has 0 radical (unpaired) electrons. The van der Waals surface area contributed by atoms with E-state index in [1.54, 1.807) is 30.3 Å². The largest absolute Gasteiger partial charge is 0.872 e. The lowest BCUT2D eigenvalue weighted by Crippen LogP contribution is -3.14. The number of nitro benzene ring substituents is 1. The van der Waals surface area contributed by atoms with Gasteiger partial charge in [0.25, 0.3) is 11.6 Å². The molecule has 0 aromatic heterocycles. The highest BCUT2D eigenvalue weighted by Crippen LogP contribution is 2.39. The van der Waals surface area contributed by atoms with Crippen molar-refractivity contribution in [2.45, 2.75) is 12.5 Å². The summed E-state index contributed by atoms with van der Waals surface area (Å²) in [5.74, 6) is -2.17. The Hall–Kier alpha value is -3.08. The van der Waals surface area contributed by atoms with Crippen LogP contribution >= 0.6 is 15.9 Å². The maximum Gasteiger partial charge on any atom is 0.295 e. The van der Waals surface area contributed by atoms with Gasteiger partial charge in [-0.05, 0) is 23.3 Å². The summed E-state index contributed by atoms with van der Waals surface area (Å²) in [5.41, 5.74) is 0.297. The predicted molar refractivity (Wildman–Crippen MR) is 125 cm³/mol. The topological polar surface area (TPSA) is 117 Å². The summed E-state index contributed by atoms with van der Waals surface area (Å²) < 4.78 is 6.15. The average molecular weight is 530 g/mol. The highest BCUT2D eigenvalue weighted by Gasteiger charge is 2.44. The second-order valence-electron chi connectivity index (χ2n) is 8.30. The third-order valence-electron chi connectivity index (χ3n) is 6.16. The molecule has 0 aliphatic carbocycles. The number of quaternary nitrogens is 1. The van der Waals surface area contributed by atoms with Gasteiger partial charge in [-0.1, -0.05) is 46.0 Å². The summed E-state index contributed by atoms with van der Waals surface area (Å²) in [6, 6.07) is 11.3. The van der Waals surface area contributed by atoms with Crippen LogP contribution in [0.2, 0.25) is 0 Å². The van der Waals surface area contributed by atoms with Gasteiger partial charge in [-0.15, -0.1) is 0 Å². The maximum atomic E-state index is 13.4. The number of hydrogen-bond acceptors (Lipinski definition) is 6. The number of ether oxygens (including phenoxy) is 1. The zero-order valence-electron chi connectivity index (χ0n) is 18.4. The Morgan fingerprint density at radius 1 is 1.15 bits per heavy atom. The van der Waals surface area contributed by atoms with Crippen molar-refractivity contribution in [2.75, 3.05) is 39.4 Å². The van der Waals surface area contributed by atoms with E-state index < -0.39 is 28.4 Å². The molecule has 178 valence electrons. The number of Topliss-reactive ketones (excluding diaryl/α,β-unsaturated/α-hetero) is 1. The van der Waals surface area contributed by atoms with E-state index in [0.29, 0.717) is 25.2 Å². The number of hydrogen-bond donors (Lipinski definition) is 1. The van der Waals surface area contributed by atoms with Crippen LogP contribution < -0.4 is 10.0 Å². The van der Waals surface area contributed by atoms with Crippen LogP contribution in [0, 0.1) is 10.1 Å². The fraction of sp³-hybridized carbons (Fsp3) is 0.333. The number of ketones is 1. The minimum Gasteiger partial charge on any atom is -0.872 e. The van der Waals surface area contributed by atoms with E-state index >= 15 is 0 Å². The van der Waals surface area contributed by atoms with E-state index in [-0.39, 0.29) is 23.4 Å². The van der Waals surface area contributed by atoms with Crippen LogP contribution in [0.3, 0.4) is 0 Å². The number of halogens is 1. The van der Waals surface area contributed by atoms with Gasteiger partial charge in [0, 0.05) is 35.1 Å². The van der Waals surface area contributed by atoms with Crippen LogP contribution in [-0.2, 0) is 14.3 Å². The molecule has 4 rings (SSSR count). The number of benzene rings is 2. The van der Waals surface area contributed by atoms with Crippen molar-refractivity contribution in [3.8, 4) is 0 Å². The van der Waals surface area contributed by atoms with Gasteiger partial charge in [0.05, 0.1) is 30.7 Å². The Morgan fingerprint density at radius 2 is 1.85 bits per heavy atom. The van der Waals surface area contributed by atoms with E-state index in [9.17, 15) is 24.8 Å². The van der Waals surface area contributed by atoms with Crippen molar-refractivity contribution in [3.05, 3.63) is 79.8 Å². The molecule has 1 unspecified atom stereocenters. The van der Waals surface area contributed by atoms with Crippen molar-refractivity contribution < 1.29 is 29.3 Å². The normalized spacial score (nSPS) is 20.6. The highest BCUT2D eigenvalue weighted by molar-refractivity contribution is 9.10. The van der Waals surface area contributed by atoms with Gasteiger partial charge in [-0.2, -0.15) is 0 Å². The summed E-state index contributed by atoms with van der Waals surface area (Å²) in [6.07, 6.45) is 0.625. The first kappa shape index (κ1) is 24.1. The van der Waals surface area contributed by atoms with Crippen LogP contribution in [0.25, 0.3) is 5.76 Å². The molecule has 2 aliphatic heterocycles. The van der Waals surface area contributed by atoms with E-state index in [2.05, 4.69) is 15.9 Å². The Labute approximate surface area is 204 Å². The first-order valence-electron chi connectivity index (χ1n) is 11.0. The zero-order valence-corrected chi connectivity index (χ0v) is 20.0.